The van der Waals surface area contributed by atoms with Crippen molar-refractivity contribution in [3.63, 3.8) is 0 Å². The Hall–Kier alpha value is -2.51. The third-order valence-corrected chi connectivity index (χ3v) is 6.92. The molecule has 4 unspecified atom stereocenters. The zero-order valence-electron chi connectivity index (χ0n) is 16.5. The average molecular weight is 361 g/mol. The Morgan fingerprint density at radius 1 is 1.19 bits per heavy atom. The molecular formula is C23H28N4. The van der Waals surface area contributed by atoms with Gasteiger partial charge in [0.25, 0.3) is 0 Å². The van der Waals surface area contributed by atoms with Crippen LogP contribution in [0, 0.1) is 68.5 Å². The molecule has 0 saturated carbocycles. The lowest BCUT2D eigenvalue weighted by molar-refractivity contribution is 0.113. The van der Waals surface area contributed by atoms with Crippen LogP contribution < -0.4 is 5.73 Å². The van der Waals surface area contributed by atoms with Crippen LogP contribution in [-0.4, -0.2) is 0 Å². The highest BCUT2D eigenvalue weighted by Crippen LogP contribution is 2.57. The van der Waals surface area contributed by atoms with E-state index in [9.17, 15) is 15.8 Å². The maximum absolute atomic E-state index is 10.1. The lowest BCUT2D eigenvalue weighted by Crippen LogP contribution is -2.48. The van der Waals surface area contributed by atoms with E-state index >= 15 is 0 Å². The largest absolute Gasteiger partial charge is 0.399 e. The molecule has 3 aliphatic rings. The van der Waals surface area contributed by atoms with Crippen molar-refractivity contribution >= 4 is 0 Å². The third-order valence-electron chi connectivity index (χ3n) is 6.92. The summed E-state index contributed by atoms with van der Waals surface area (Å²) < 4.78 is 0. The zero-order chi connectivity index (χ0) is 19.8. The van der Waals surface area contributed by atoms with Crippen molar-refractivity contribution < 1.29 is 0 Å². The Morgan fingerprint density at radius 2 is 1.89 bits per heavy atom. The quantitative estimate of drug-likeness (QED) is 0.683. The molecule has 0 bridgehead atoms. The number of hydrogen-bond acceptors (Lipinski definition) is 4. The zero-order valence-corrected chi connectivity index (χ0v) is 16.5. The molecule has 0 aromatic rings. The summed E-state index contributed by atoms with van der Waals surface area (Å²) in [7, 11) is 0. The van der Waals surface area contributed by atoms with Gasteiger partial charge in [0, 0.05) is 5.92 Å². The van der Waals surface area contributed by atoms with E-state index in [1.807, 2.05) is 0 Å². The molecule has 0 aliphatic heterocycles. The third kappa shape index (κ3) is 2.96. The van der Waals surface area contributed by atoms with Crippen LogP contribution in [0.25, 0.3) is 0 Å². The van der Waals surface area contributed by atoms with Crippen molar-refractivity contribution in [2.24, 2.45) is 40.2 Å². The molecule has 0 fully saturated rings. The summed E-state index contributed by atoms with van der Waals surface area (Å²) in [4.78, 5) is 0. The van der Waals surface area contributed by atoms with Gasteiger partial charge in [0.1, 0.15) is 6.07 Å². The van der Waals surface area contributed by atoms with Crippen molar-refractivity contribution in [2.75, 3.05) is 0 Å². The van der Waals surface area contributed by atoms with Gasteiger partial charge in [-0.2, -0.15) is 15.8 Å². The van der Waals surface area contributed by atoms with Crippen molar-refractivity contribution in [3.8, 4) is 18.2 Å². The Labute approximate surface area is 162 Å². The molecule has 27 heavy (non-hydrogen) atoms. The minimum atomic E-state index is -1.43. The first-order chi connectivity index (χ1) is 12.8. The second-order valence-electron chi connectivity index (χ2n) is 9.28. The van der Waals surface area contributed by atoms with Gasteiger partial charge in [-0.1, -0.05) is 39.0 Å². The predicted molar refractivity (Wildman–Crippen MR) is 104 cm³/mol. The van der Waals surface area contributed by atoms with E-state index < -0.39 is 5.41 Å². The van der Waals surface area contributed by atoms with E-state index in [1.54, 1.807) is 0 Å². The van der Waals surface area contributed by atoms with Crippen molar-refractivity contribution in [3.05, 3.63) is 35.1 Å². The topological polar surface area (TPSA) is 97.4 Å². The number of fused-ring (bicyclic) bond motifs is 1. The van der Waals surface area contributed by atoms with Crippen LogP contribution >= 0.6 is 0 Å². The first-order valence-corrected chi connectivity index (χ1v) is 9.90. The monoisotopic (exact) mass is 360 g/mol. The van der Waals surface area contributed by atoms with E-state index in [1.165, 1.54) is 0 Å². The first-order valence-electron chi connectivity index (χ1n) is 9.90. The lowest BCUT2D eigenvalue weighted by atomic mass is 9.52. The van der Waals surface area contributed by atoms with Crippen LogP contribution in [-0.2, 0) is 0 Å². The van der Waals surface area contributed by atoms with E-state index in [-0.39, 0.29) is 28.9 Å². The maximum Gasteiger partial charge on any atom is 0.187 e. The molecule has 2 N–H and O–H groups in total. The summed E-state index contributed by atoms with van der Waals surface area (Å²) >= 11 is 0. The average Bonchev–Trinajstić information content (AvgIpc) is 2.67. The Bertz CT molecular complexity index is 818. The molecule has 3 rings (SSSR count). The highest BCUT2D eigenvalue weighted by molar-refractivity contribution is 5.56. The highest BCUT2D eigenvalue weighted by atomic mass is 14.7. The minimum absolute atomic E-state index is 0.0250. The Kier molecular flexibility index (Phi) is 4.92. The second-order valence-corrected chi connectivity index (χ2v) is 9.28. The number of hydrogen-bond donors (Lipinski definition) is 1. The van der Waals surface area contributed by atoms with Crippen molar-refractivity contribution in [1.29, 1.82) is 15.8 Å². The number of nitriles is 3. The summed E-state index contributed by atoms with van der Waals surface area (Å²) in [6.45, 7) is 6.73. The predicted octanol–water partition coefficient (Wildman–Crippen LogP) is 4.74. The number of rotatable bonds is 1. The molecule has 4 atom stereocenters. The van der Waals surface area contributed by atoms with Gasteiger partial charge >= 0.3 is 0 Å². The summed E-state index contributed by atoms with van der Waals surface area (Å²) in [6, 6.07) is 6.74. The molecule has 0 amide bonds. The molecule has 3 aliphatic carbocycles. The van der Waals surface area contributed by atoms with E-state index in [4.69, 9.17) is 5.73 Å². The summed E-state index contributed by atoms with van der Waals surface area (Å²) in [6.07, 6.45) is 11.4. The fourth-order valence-corrected chi connectivity index (χ4v) is 5.30. The van der Waals surface area contributed by atoms with Crippen LogP contribution in [0.3, 0.4) is 0 Å². The normalized spacial score (nSPS) is 32.5. The van der Waals surface area contributed by atoms with Gasteiger partial charge in [-0.15, -0.1) is 0 Å². The fourth-order valence-electron chi connectivity index (χ4n) is 5.30. The Morgan fingerprint density at radius 3 is 2.41 bits per heavy atom. The molecule has 0 aromatic heterocycles. The fraction of sp³-hybridized carbons (Fsp3) is 0.609. The standard InChI is InChI=1S/C23H28N4/c1-22(2,3)16-9-10-17-18(11-16)20(15-7-5-4-6-8-15)23(13-25,14-26)21(27)19(17)12-24/h5,7,10,15-16,18,20H,4,6,8-9,11,27H2,1-3H3. The van der Waals surface area contributed by atoms with Crippen molar-refractivity contribution in [2.45, 2.75) is 52.9 Å². The van der Waals surface area contributed by atoms with Gasteiger partial charge in [-0.25, -0.2) is 0 Å². The molecule has 4 heteroatoms. The number of allylic oxidation sites excluding steroid dienone is 6. The molecule has 0 heterocycles. The summed E-state index contributed by atoms with van der Waals surface area (Å²) in [5.41, 5.74) is 6.57. The van der Waals surface area contributed by atoms with Gasteiger partial charge in [-0.3, -0.25) is 0 Å². The van der Waals surface area contributed by atoms with Crippen LogP contribution in [0.15, 0.2) is 35.1 Å². The van der Waals surface area contributed by atoms with E-state index in [0.717, 1.165) is 37.7 Å². The molecule has 0 aromatic carbocycles. The van der Waals surface area contributed by atoms with Gasteiger partial charge < -0.3 is 5.73 Å². The van der Waals surface area contributed by atoms with Gasteiger partial charge in [0.2, 0.25) is 0 Å². The molecule has 140 valence electrons. The number of nitrogens with zero attached hydrogens (tertiary/aromatic N) is 3. The van der Waals surface area contributed by atoms with Gasteiger partial charge in [0.05, 0.1) is 23.4 Å². The van der Waals surface area contributed by atoms with E-state index in [0.29, 0.717) is 11.5 Å². The second kappa shape index (κ2) is 6.90. The molecule has 0 radical (unpaired) electrons. The smallest absolute Gasteiger partial charge is 0.187 e. The molecule has 4 nitrogen and oxygen atoms in total. The van der Waals surface area contributed by atoms with Gasteiger partial charge in [0.15, 0.2) is 5.41 Å². The Balaban J connectivity index is 2.22. The first kappa shape index (κ1) is 19.3. The molecule has 0 saturated heterocycles. The SMILES string of the molecule is CC(C)(C)C1CC=C2C(C#N)=C(N)C(C#N)(C#N)C(C3C=CCCC3)C2C1. The summed E-state index contributed by atoms with van der Waals surface area (Å²) in [5.74, 6) is 0.425. The molecule has 0 spiro atoms. The minimum Gasteiger partial charge on any atom is -0.399 e. The molecular weight excluding hydrogens is 332 g/mol. The maximum atomic E-state index is 10.1. The highest BCUT2D eigenvalue weighted by Gasteiger charge is 2.56. The van der Waals surface area contributed by atoms with Gasteiger partial charge in [-0.05, 0) is 60.8 Å². The summed E-state index contributed by atoms with van der Waals surface area (Å²) in [5, 5.41) is 30.0. The lowest BCUT2D eigenvalue weighted by Gasteiger charge is -2.49. The number of nitrogens with two attached hydrogens (primary N) is 1. The van der Waals surface area contributed by atoms with Crippen LogP contribution in [0.2, 0.25) is 0 Å². The van der Waals surface area contributed by atoms with Crippen LogP contribution in [0.5, 0.6) is 0 Å². The van der Waals surface area contributed by atoms with Crippen molar-refractivity contribution in [1.82, 2.24) is 0 Å². The van der Waals surface area contributed by atoms with Crippen LogP contribution in [0.4, 0.5) is 0 Å². The van der Waals surface area contributed by atoms with Crippen LogP contribution in [0.1, 0.15) is 52.9 Å². The van der Waals surface area contributed by atoms with E-state index in [2.05, 4.69) is 57.2 Å².